The lowest BCUT2D eigenvalue weighted by Gasteiger charge is -2.45. The van der Waals surface area contributed by atoms with Gasteiger partial charge in [-0.1, -0.05) is 19.8 Å². The van der Waals surface area contributed by atoms with E-state index in [1.807, 2.05) is 0 Å². The highest BCUT2D eigenvalue weighted by Gasteiger charge is 2.44. The molecule has 0 aliphatic carbocycles. The molecule has 0 aromatic rings. The smallest absolute Gasteiger partial charge is 0.0473 e. The molecule has 3 nitrogen and oxygen atoms in total. The zero-order chi connectivity index (χ0) is 13.9. The molecule has 2 atom stereocenters. The molecule has 0 saturated carbocycles. The van der Waals surface area contributed by atoms with Crippen molar-refractivity contribution in [2.45, 2.75) is 76.9 Å². The lowest BCUT2D eigenvalue weighted by molar-refractivity contribution is 0.0502. The van der Waals surface area contributed by atoms with Crippen molar-refractivity contribution < 1.29 is 0 Å². The van der Waals surface area contributed by atoms with Crippen molar-refractivity contribution in [2.24, 2.45) is 5.73 Å². The Morgan fingerprint density at radius 3 is 2.58 bits per heavy atom. The molecule has 2 fully saturated rings. The maximum atomic E-state index is 6.26. The van der Waals surface area contributed by atoms with Crippen molar-refractivity contribution in [3.8, 4) is 0 Å². The van der Waals surface area contributed by atoms with Crippen LogP contribution >= 0.6 is 0 Å². The molecule has 2 heterocycles. The third kappa shape index (κ3) is 3.14. The molecule has 0 bridgehead atoms. The molecule has 0 radical (unpaired) electrons. The molecule has 2 saturated heterocycles. The SMILES string of the molecule is CCC1CCCCCN1C1(CN)CCN(C(C)C)C1. The van der Waals surface area contributed by atoms with Crippen molar-refractivity contribution in [3.63, 3.8) is 0 Å². The average Bonchev–Trinajstić information content (AvgIpc) is 2.71. The molecule has 2 N–H and O–H groups in total. The van der Waals surface area contributed by atoms with Crippen LogP contribution in [-0.2, 0) is 0 Å². The van der Waals surface area contributed by atoms with Crippen LogP contribution in [0.2, 0.25) is 0 Å². The van der Waals surface area contributed by atoms with E-state index in [1.165, 1.54) is 58.2 Å². The minimum atomic E-state index is 0.259. The number of nitrogens with zero attached hydrogens (tertiary/aromatic N) is 2. The van der Waals surface area contributed by atoms with E-state index in [1.54, 1.807) is 0 Å². The molecule has 2 unspecified atom stereocenters. The normalized spacial score (nSPS) is 34.9. The first-order valence-electron chi connectivity index (χ1n) is 8.34. The van der Waals surface area contributed by atoms with Crippen LogP contribution in [-0.4, -0.2) is 53.6 Å². The Hall–Kier alpha value is -0.120. The van der Waals surface area contributed by atoms with Gasteiger partial charge in [0.1, 0.15) is 0 Å². The topological polar surface area (TPSA) is 32.5 Å². The zero-order valence-electron chi connectivity index (χ0n) is 13.2. The van der Waals surface area contributed by atoms with Gasteiger partial charge in [0.15, 0.2) is 0 Å². The summed E-state index contributed by atoms with van der Waals surface area (Å²) in [5, 5.41) is 0. The van der Waals surface area contributed by atoms with Gasteiger partial charge < -0.3 is 5.73 Å². The van der Waals surface area contributed by atoms with Crippen LogP contribution in [0.4, 0.5) is 0 Å². The largest absolute Gasteiger partial charge is 0.329 e. The van der Waals surface area contributed by atoms with Gasteiger partial charge in [-0.15, -0.1) is 0 Å². The predicted octanol–water partition coefficient (Wildman–Crippen LogP) is 2.45. The highest BCUT2D eigenvalue weighted by molar-refractivity contribution is 5.03. The summed E-state index contributed by atoms with van der Waals surface area (Å²) in [4.78, 5) is 5.42. The van der Waals surface area contributed by atoms with Crippen LogP contribution in [0, 0.1) is 0 Å². The molecule has 2 aliphatic heterocycles. The van der Waals surface area contributed by atoms with E-state index in [0.29, 0.717) is 6.04 Å². The molecule has 112 valence electrons. The Morgan fingerprint density at radius 1 is 1.21 bits per heavy atom. The Labute approximate surface area is 119 Å². The first-order valence-corrected chi connectivity index (χ1v) is 8.34. The number of rotatable bonds is 4. The fraction of sp³-hybridized carbons (Fsp3) is 1.00. The van der Waals surface area contributed by atoms with Crippen LogP contribution in [0.15, 0.2) is 0 Å². The highest BCUT2D eigenvalue weighted by Crippen LogP contribution is 2.34. The standard InChI is InChI=1S/C16H33N3/c1-4-15-8-6-5-7-10-19(15)16(12-17)9-11-18(13-16)14(2)3/h14-15H,4-13,17H2,1-3H3. The summed E-state index contributed by atoms with van der Waals surface area (Å²) < 4.78 is 0. The lowest BCUT2D eigenvalue weighted by atomic mass is 9.92. The minimum Gasteiger partial charge on any atom is -0.329 e. The van der Waals surface area contributed by atoms with Crippen molar-refractivity contribution >= 4 is 0 Å². The third-order valence-electron chi connectivity index (χ3n) is 5.43. The van der Waals surface area contributed by atoms with E-state index in [9.17, 15) is 0 Å². The highest BCUT2D eigenvalue weighted by atomic mass is 15.3. The Bertz CT molecular complexity index is 279. The van der Waals surface area contributed by atoms with Crippen LogP contribution in [0.25, 0.3) is 0 Å². The van der Waals surface area contributed by atoms with E-state index in [-0.39, 0.29) is 5.54 Å². The number of likely N-dealkylation sites (tertiary alicyclic amines) is 2. The summed E-state index contributed by atoms with van der Waals surface area (Å²) in [7, 11) is 0. The van der Waals surface area contributed by atoms with Gasteiger partial charge in [0.2, 0.25) is 0 Å². The van der Waals surface area contributed by atoms with Crippen LogP contribution in [0.5, 0.6) is 0 Å². The summed E-state index contributed by atoms with van der Waals surface area (Å²) in [5.41, 5.74) is 6.52. The molecule has 19 heavy (non-hydrogen) atoms. The Morgan fingerprint density at radius 2 is 2.00 bits per heavy atom. The van der Waals surface area contributed by atoms with Crippen molar-refractivity contribution in [3.05, 3.63) is 0 Å². The van der Waals surface area contributed by atoms with Gasteiger partial charge in [0.05, 0.1) is 0 Å². The minimum absolute atomic E-state index is 0.259. The maximum Gasteiger partial charge on any atom is 0.0473 e. The van der Waals surface area contributed by atoms with E-state index in [4.69, 9.17) is 5.73 Å². The third-order valence-corrected chi connectivity index (χ3v) is 5.43. The van der Waals surface area contributed by atoms with E-state index in [0.717, 1.165) is 12.6 Å². The van der Waals surface area contributed by atoms with Crippen LogP contribution in [0.1, 0.15) is 59.3 Å². The van der Waals surface area contributed by atoms with Crippen LogP contribution in [0.3, 0.4) is 0 Å². The summed E-state index contributed by atoms with van der Waals surface area (Å²) in [5.74, 6) is 0. The molecule has 2 aliphatic rings. The molecular weight excluding hydrogens is 234 g/mol. The first-order chi connectivity index (χ1) is 9.13. The van der Waals surface area contributed by atoms with Crippen molar-refractivity contribution in [1.29, 1.82) is 0 Å². The van der Waals surface area contributed by atoms with Crippen molar-refractivity contribution in [2.75, 3.05) is 26.2 Å². The van der Waals surface area contributed by atoms with E-state index < -0.39 is 0 Å². The monoisotopic (exact) mass is 267 g/mol. The fourth-order valence-corrected chi connectivity index (χ4v) is 4.07. The average molecular weight is 267 g/mol. The maximum absolute atomic E-state index is 6.26. The van der Waals surface area contributed by atoms with Gasteiger partial charge in [0.25, 0.3) is 0 Å². The van der Waals surface area contributed by atoms with Gasteiger partial charge in [-0.3, -0.25) is 9.80 Å². The fourth-order valence-electron chi connectivity index (χ4n) is 4.07. The van der Waals surface area contributed by atoms with Crippen LogP contribution < -0.4 is 5.73 Å². The quantitative estimate of drug-likeness (QED) is 0.849. The van der Waals surface area contributed by atoms with Gasteiger partial charge in [-0.05, 0) is 46.1 Å². The predicted molar refractivity (Wildman–Crippen MR) is 82.4 cm³/mol. The van der Waals surface area contributed by atoms with Crippen molar-refractivity contribution in [1.82, 2.24) is 9.80 Å². The molecule has 0 aromatic heterocycles. The Kier molecular flexibility index (Phi) is 5.27. The van der Waals surface area contributed by atoms with Gasteiger partial charge in [0, 0.05) is 37.3 Å². The molecular formula is C16H33N3. The summed E-state index contributed by atoms with van der Waals surface area (Å²) in [6.07, 6.45) is 8.09. The molecule has 0 amide bonds. The number of hydrogen-bond acceptors (Lipinski definition) is 3. The Balaban J connectivity index is 2.14. The number of nitrogens with two attached hydrogens (primary N) is 1. The summed E-state index contributed by atoms with van der Waals surface area (Å²) in [6, 6.07) is 1.42. The van der Waals surface area contributed by atoms with E-state index >= 15 is 0 Å². The van der Waals surface area contributed by atoms with Gasteiger partial charge in [-0.2, -0.15) is 0 Å². The molecule has 0 spiro atoms. The second-order valence-corrected chi connectivity index (χ2v) is 6.85. The van der Waals surface area contributed by atoms with Gasteiger partial charge >= 0.3 is 0 Å². The van der Waals surface area contributed by atoms with E-state index in [2.05, 4.69) is 30.6 Å². The first kappa shape index (κ1) is 15.3. The summed E-state index contributed by atoms with van der Waals surface area (Å²) in [6.45, 7) is 11.5. The second-order valence-electron chi connectivity index (χ2n) is 6.85. The molecule has 2 rings (SSSR count). The summed E-state index contributed by atoms with van der Waals surface area (Å²) >= 11 is 0. The van der Waals surface area contributed by atoms with Gasteiger partial charge in [-0.25, -0.2) is 0 Å². The molecule has 3 heteroatoms. The number of hydrogen-bond donors (Lipinski definition) is 1. The lowest BCUT2D eigenvalue weighted by Crippen LogP contribution is -2.59. The zero-order valence-corrected chi connectivity index (χ0v) is 13.2. The molecule has 0 aromatic carbocycles. The second kappa shape index (κ2) is 6.55.